The van der Waals surface area contributed by atoms with Crippen LogP contribution in [-0.4, -0.2) is 71.9 Å². The molecule has 116 valence electrons. The molecule has 0 spiro atoms. The molecule has 1 unspecified atom stereocenters. The Hall–Kier alpha value is -1.21. The van der Waals surface area contributed by atoms with Gasteiger partial charge in [-0.1, -0.05) is 0 Å². The summed E-state index contributed by atoms with van der Waals surface area (Å²) < 4.78 is 5.31. The van der Waals surface area contributed by atoms with Crippen LogP contribution in [0.2, 0.25) is 0 Å². The smallest absolute Gasteiger partial charge is 0.252 e. The first kappa shape index (κ1) is 14.7. The number of morpholine rings is 1. The third-order valence-corrected chi connectivity index (χ3v) is 4.28. The van der Waals surface area contributed by atoms with Gasteiger partial charge < -0.3 is 14.8 Å². The van der Waals surface area contributed by atoms with E-state index >= 15 is 0 Å². The maximum atomic E-state index is 11.8. The van der Waals surface area contributed by atoms with Crippen LogP contribution >= 0.6 is 0 Å². The number of H-pyrrole nitrogens is 1. The van der Waals surface area contributed by atoms with Crippen molar-refractivity contribution in [1.29, 1.82) is 0 Å². The summed E-state index contributed by atoms with van der Waals surface area (Å²) in [7, 11) is 0. The SMILES string of the molecule is O=c1[nH]ccc2c1CN(CC(O)CN1CCOCC1)CC2. The van der Waals surface area contributed by atoms with E-state index in [2.05, 4.69) is 14.8 Å². The van der Waals surface area contributed by atoms with E-state index in [-0.39, 0.29) is 11.7 Å². The summed E-state index contributed by atoms with van der Waals surface area (Å²) in [6.45, 7) is 6.10. The fraction of sp³-hybridized carbons (Fsp3) is 0.667. The zero-order valence-electron chi connectivity index (χ0n) is 12.3. The van der Waals surface area contributed by atoms with Crippen LogP contribution in [0.25, 0.3) is 0 Å². The number of aromatic nitrogens is 1. The molecule has 1 saturated heterocycles. The monoisotopic (exact) mass is 293 g/mol. The zero-order valence-corrected chi connectivity index (χ0v) is 12.3. The van der Waals surface area contributed by atoms with Gasteiger partial charge in [-0.2, -0.15) is 0 Å². The second kappa shape index (κ2) is 6.70. The molecule has 21 heavy (non-hydrogen) atoms. The molecule has 3 rings (SSSR count). The number of aliphatic hydroxyl groups is 1. The van der Waals surface area contributed by atoms with Crippen molar-refractivity contribution in [2.24, 2.45) is 0 Å². The number of hydrogen-bond donors (Lipinski definition) is 2. The Kier molecular flexibility index (Phi) is 4.70. The molecule has 3 heterocycles. The molecular weight excluding hydrogens is 270 g/mol. The van der Waals surface area contributed by atoms with Gasteiger partial charge in [0.25, 0.3) is 5.56 Å². The number of pyridine rings is 1. The summed E-state index contributed by atoms with van der Waals surface area (Å²) in [5.41, 5.74) is 1.99. The molecule has 1 fully saturated rings. The predicted octanol–water partition coefficient (Wildman–Crippen LogP) is -0.574. The molecule has 0 aromatic carbocycles. The Labute approximate surface area is 124 Å². The van der Waals surface area contributed by atoms with E-state index in [0.29, 0.717) is 19.6 Å². The standard InChI is InChI=1S/C15H23N3O3/c19-13(9-17-5-7-21-8-6-17)10-18-4-2-12-1-3-16-15(20)14(12)11-18/h1,3,13,19H,2,4-11H2,(H,16,20). The van der Waals surface area contributed by atoms with Crippen molar-refractivity contribution in [2.75, 3.05) is 45.9 Å². The van der Waals surface area contributed by atoms with Gasteiger partial charge in [0.05, 0.1) is 19.3 Å². The van der Waals surface area contributed by atoms with Gasteiger partial charge in [-0.25, -0.2) is 0 Å². The van der Waals surface area contributed by atoms with E-state index in [1.807, 2.05) is 6.07 Å². The van der Waals surface area contributed by atoms with Crippen LogP contribution < -0.4 is 5.56 Å². The van der Waals surface area contributed by atoms with Crippen molar-refractivity contribution in [2.45, 2.75) is 19.1 Å². The summed E-state index contributed by atoms with van der Waals surface area (Å²) in [5.74, 6) is 0. The highest BCUT2D eigenvalue weighted by Crippen LogP contribution is 2.15. The number of fused-ring (bicyclic) bond motifs is 1. The number of nitrogens with zero attached hydrogens (tertiary/aromatic N) is 2. The lowest BCUT2D eigenvalue weighted by molar-refractivity contribution is 0.00583. The van der Waals surface area contributed by atoms with E-state index in [9.17, 15) is 9.90 Å². The third-order valence-electron chi connectivity index (χ3n) is 4.28. The Morgan fingerprint density at radius 1 is 1.24 bits per heavy atom. The van der Waals surface area contributed by atoms with E-state index in [1.54, 1.807) is 6.20 Å². The molecule has 2 N–H and O–H groups in total. The first-order chi connectivity index (χ1) is 10.2. The fourth-order valence-corrected chi connectivity index (χ4v) is 3.13. The first-order valence-electron chi connectivity index (χ1n) is 7.62. The number of nitrogens with one attached hydrogen (secondary N) is 1. The second-order valence-electron chi connectivity index (χ2n) is 5.86. The topological polar surface area (TPSA) is 68.8 Å². The van der Waals surface area contributed by atoms with Crippen molar-refractivity contribution >= 4 is 0 Å². The lowest BCUT2D eigenvalue weighted by Gasteiger charge is -2.33. The Bertz CT molecular complexity index is 525. The van der Waals surface area contributed by atoms with Crippen molar-refractivity contribution in [3.05, 3.63) is 33.7 Å². The maximum absolute atomic E-state index is 11.8. The predicted molar refractivity (Wildman–Crippen MR) is 79.3 cm³/mol. The Balaban J connectivity index is 1.54. The summed E-state index contributed by atoms with van der Waals surface area (Å²) >= 11 is 0. The average molecular weight is 293 g/mol. The second-order valence-corrected chi connectivity index (χ2v) is 5.86. The van der Waals surface area contributed by atoms with Crippen molar-refractivity contribution in [1.82, 2.24) is 14.8 Å². The molecule has 1 aromatic rings. The molecule has 0 aliphatic carbocycles. The summed E-state index contributed by atoms with van der Waals surface area (Å²) in [5, 5.41) is 10.3. The molecule has 2 aliphatic heterocycles. The van der Waals surface area contributed by atoms with Crippen LogP contribution in [0.1, 0.15) is 11.1 Å². The minimum absolute atomic E-state index is 0.000121. The maximum Gasteiger partial charge on any atom is 0.252 e. The number of aliphatic hydroxyl groups excluding tert-OH is 1. The molecule has 1 aromatic heterocycles. The van der Waals surface area contributed by atoms with Crippen molar-refractivity contribution in [3.8, 4) is 0 Å². The number of β-amino-alcohol motifs (C(OH)–C–C–N with tert-alkyl or cyclic N) is 1. The van der Waals surface area contributed by atoms with Gasteiger partial charge in [-0.05, 0) is 18.1 Å². The quantitative estimate of drug-likeness (QED) is 0.778. The Morgan fingerprint density at radius 2 is 2.00 bits per heavy atom. The van der Waals surface area contributed by atoms with E-state index in [4.69, 9.17) is 4.74 Å². The molecule has 2 aliphatic rings. The summed E-state index contributed by atoms with van der Waals surface area (Å²) in [6.07, 6.45) is 2.21. The molecule has 0 saturated carbocycles. The van der Waals surface area contributed by atoms with Crippen LogP contribution in [0.4, 0.5) is 0 Å². The van der Waals surface area contributed by atoms with E-state index in [0.717, 1.165) is 50.4 Å². The zero-order chi connectivity index (χ0) is 14.7. The van der Waals surface area contributed by atoms with Crippen LogP contribution in [0.3, 0.4) is 0 Å². The van der Waals surface area contributed by atoms with Gasteiger partial charge in [-0.15, -0.1) is 0 Å². The summed E-state index contributed by atoms with van der Waals surface area (Å²) in [4.78, 5) is 19.0. The fourth-order valence-electron chi connectivity index (χ4n) is 3.13. The van der Waals surface area contributed by atoms with Gasteiger partial charge in [0.15, 0.2) is 0 Å². The van der Waals surface area contributed by atoms with Crippen molar-refractivity contribution < 1.29 is 9.84 Å². The lowest BCUT2D eigenvalue weighted by Crippen LogP contribution is -2.46. The van der Waals surface area contributed by atoms with Crippen LogP contribution in [-0.2, 0) is 17.7 Å². The molecule has 0 bridgehead atoms. The number of rotatable bonds is 4. The lowest BCUT2D eigenvalue weighted by atomic mass is 10.0. The highest BCUT2D eigenvalue weighted by atomic mass is 16.5. The number of ether oxygens (including phenoxy) is 1. The van der Waals surface area contributed by atoms with Crippen LogP contribution in [0.15, 0.2) is 17.1 Å². The minimum Gasteiger partial charge on any atom is -0.390 e. The van der Waals surface area contributed by atoms with Gasteiger partial charge in [-0.3, -0.25) is 14.6 Å². The van der Waals surface area contributed by atoms with E-state index < -0.39 is 0 Å². The molecule has 0 radical (unpaired) electrons. The minimum atomic E-state index is -0.382. The molecule has 0 amide bonds. The van der Waals surface area contributed by atoms with Gasteiger partial charge in [0.2, 0.25) is 0 Å². The van der Waals surface area contributed by atoms with Gasteiger partial charge in [0, 0.05) is 51.0 Å². The molecular formula is C15H23N3O3. The number of aromatic amines is 1. The molecule has 6 nitrogen and oxygen atoms in total. The highest BCUT2D eigenvalue weighted by Gasteiger charge is 2.22. The average Bonchev–Trinajstić information content (AvgIpc) is 2.49. The highest BCUT2D eigenvalue weighted by molar-refractivity contribution is 5.25. The third kappa shape index (κ3) is 3.71. The van der Waals surface area contributed by atoms with Gasteiger partial charge >= 0.3 is 0 Å². The number of hydrogen-bond acceptors (Lipinski definition) is 5. The van der Waals surface area contributed by atoms with Crippen molar-refractivity contribution in [3.63, 3.8) is 0 Å². The Morgan fingerprint density at radius 3 is 2.81 bits per heavy atom. The van der Waals surface area contributed by atoms with Gasteiger partial charge in [0.1, 0.15) is 0 Å². The molecule has 6 heteroatoms. The normalized spacial score (nSPS) is 22.0. The van der Waals surface area contributed by atoms with E-state index in [1.165, 1.54) is 0 Å². The largest absolute Gasteiger partial charge is 0.390 e. The first-order valence-corrected chi connectivity index (χ1v) is 7.62. The molecule has 1 atom stereocenters. The van der Waals surface area contributed by atoms with Crippen LogP contribution in [0, 0.1) is 0 Å². The summed E-state index contributed by atoms with van der Waals surface area (Å²) in [6, 6.07) is 1.98. The van der Waals surface area contributed by atoms with Crippen LogP contribution in [0.5, 0.6) is 0 Å².